The predicted molar refractivity (Wildman–Crippen MR) is 101 cm³/mol. The molecule has 1 aromatic heterocycles. The lowest BCUT2D eigenvalue weighted by atomic mass is 9.79. The molecule has 0 spiro atoms. The van der Waals surface area contributed by atoms with Gasteiger partial charge in [0.2, 0.25) is 0 Å². The topological polar surface area (TPSA) is 45.4 Å². The van der Waals surface area contributed by atoms with Gasteiger partial charge >= 0.3 is 0 Å². The number of piperazine rings is 1. The molecule has 0 atom stereocenters. The van der Waals surface area contributed by atoms with Crippen LogP contribution in [0.4, 0.5) is 5.13 Å². The molecule has 1 saturated heterocycles. The molecule has 132 valence electrons. The zero-order valence-corrected chi connectivity index (χ0v) is 16.0. The van der Waals surface area contributed by atoms with Crippen LogP contribution in [0.25, 0.3) is 0 Å². The summed E-state index contributed by atoms with van der Waals surface area (Å²) < 4.78 is 0. The molecule has 2 fully saturated rings. The molecule has 2 heterocycles. The average molecular weight is 359 g/mol. The number of thiazole rings is 1. The maximum Gasteiger partial charge on any atom is 0.180 e. The van der Waals surface area contributed by atoms with E-state index in [1.165, 1.54) is 56.7 Å². The molecule has 2 aliphatic rings. The second-order valence-electron chi connectivity index (χ2n) is 7.29. The van der Waals surface area contributed by atoms with Crippen LogP contribution in [-0.2, 0) is 6.54 Å². The third-order valence-electron chi connectivity index (χ3n) is 5.56. The van der Waals surface area contributed by atoms with E-state index in [9.17, 15) is 0 Å². The van der Waals surface area contributed by atoms with Crippen molar-refractivity contribution < 1.29 is 0 Å². The summed E-state index contributed by atoms with van der Waals surface area (Å²) in [7, 11) is 0. The van der Waals surface area contributed by atoms with Crippen molar-refractivity contribution in [2.75, 3.05) is 31.9 Å². The van der Waals surface area contributed by atoms with Gasteiger partial charge in [0.25, 0.3) is 0 Å². The number of hydrogen-bond donors (Lipinski definition) is 1. The first-order valence-corrected chi connectivity index (χ1v) is 9.60. The van der Waals surface area contributed by atoms with E-state index in [-0.39, 0.29) is 12.4 Å². The van der Waals surface area contributed by atoms with Gasteiger partial charge in [0.1, 0.15) is 0 Å². The SMILES string of the molecule is CC(C)C1CCC(N2CCN(Cc3cnc(N)s3)CC2)CC1.Cl. The lowest BCUT2D eigenvalue weighted by Crippen LogP contribution is -2.50. The van der Waals surface area contributed by atoms with Gasteiger partial charge in [0.05, 0.1) is 0 Å². The fourth-order valence-corrected chi connectivity index (χ4v) is 4.76. The summed E-state index contributed by atoms with van der Waals surface area (Å²) in [5.41, 5.74) is 5.72. The Labute approximate surface area is 150 Å². The zero-order valence-electron chi connectivity index (χ0n) is 14.4. The summed E-state index contributed by atoms with van der Waals surface area (Å²) in [6.45, 7) is 10.6. The van der Waals surface area contributed by atoms with Crippen LogP contribution in [0.2, 0.25) is 0 Å². The van der Waals surface area contributed by atoms with E-state index in [2.05, 4.69) is 28.6 Å². The molecule has 3 rings (SSSR count). The Bertz CT molecular complexity index is 463. The van der Waals surface area contributed by atoms with Gasteiger partial charge in [0.15, 0.2) is 5.13 Å². The van der Waals surface area contributed by atoms with Gasteiger partial charge in [-0.1, -0.05) is 13.8 Å². The molecule has 1 aromatic rings. The van der Waals surface area contributed by atoms with Gasteiger partial charge in [-0.25, -0.2) is 4.98 Å². The molecule has 0 bridgehead atoms. The highest BCUT2D eigenvalue weighted by atomic mass is 35.5. The monoisotopic (exact) mass is 358 g/mol. The van der Waals surface area contributed by atoms with Crippen molar-refractivity contribution in [3.05, 3.63) is 11.1 Å². The van der Waals surface area contributed by atoms with Crippen LogP contribution in [0.1, 0.15) is 44.4 Å². The molecular formula is C17H31ClN4S. The molecule has 0 unspecified atom stereocenters. The van der Waals surface area contributed by atoms with Gasteiger partial charge in [-0.05, 0) is 37.5 Å². The summed E-state index contributed by atoms with van der Waals surface area (Å²) in [5, 5.41) is 0.690. The Morgan fingerprint density at radius 3 is 2.35 bits per heavy atom. The largest absolute Gasteiger partial charge is 0.375 e. The minimum Gasteiger partial charge on any atom is -0.375 e. The third-order valence-corrected chi connectivity index (χ3v) is 6.37. The molecule has 1 aliphatic heterocycles. The molecule has 1 aliphatic carbocycles. The highest BCUT2D eigenvalue weighted by Crippen LogP contribution is 2.32. The third kappa shape index (κ3) is 5.05. The Kier molecular flexibility index (Phi) is 7.14. The number of anilines is 1. The molecule has 0 radical (unpaired) electrons. The van der Waals surface area contributed by atoms with Gasteiger partial charge in [-0.2, -0.15) is 0 Å². The summed E-state index contributed by atoms with van der Waals surface area (Å²) in [5.74, 6) is 1.83. The van der Waals surface area contributed by atoms with Crippen molar-refractivity contribution in [1.82, 2.24) is 14.8 Å². The Morgan fingerprint density at radius 2 is 1.83 bits per heavy atom. The van der Waals surface area contributed by atoms with Crippen molar-refractivity contribution >= 4 is 28.9 Å². The predicted octanol–water partition coefficient (Wildman–Crippen LogP) is 3.48. The molecule has 6 heteroatoms. The smallest absolute Gasteiger partial charge is 0.180 e. The van der Waals surface area contributed by atoms with Crippen LogP contribution in [0.15, 0.2) is 6.20 Å². The fraction of sp³-hybridized carbons (Fsp3) is 0.824. The van der Waals surface area contributed by atoms with E-state index in [1.54, 1.807) is 11.3 Å². The quantitative estimate of drug-likeness (QED) is 0.895. The van der Waals surface area contributed by atoms with Gasteiger partial charge in [0, 0.05) is 49.8 Å². The molecule has 0 amide bonds. The van der Waals surface area contributed by atoms with Crippen molar-refractivity contribution in [3.8, 4) is 0 Å². The Morgan fingerprint density at radius 1 is 1.17 bits per heavy atom. The maximum absolute atomic E-state index is 5.72. The number of nitrogens with two attached hydrogens (primary N) is 1. The maximum atomic E-state index is 5.72. The van der Waals surface area contributed by atoms with Gasteiger partial charge in [-0.15, -0.1) is 23.7 Å². The lowest BCUT2D eigenvalue weighted by molar-refractivity contribution is 0.0630. The summed E-state index contributed by atoms with van der Waals surface area (Å²) >= 11 is 1.62. The first kappa shape index (κ1) is 19.0. The first-order chi connectivity index (χ1) is 10.6. The van der Waals surface area contributed by atoms with Crippen LogP contribution < -0.4 is 5.73 Å². The van der Waals surface area contributed by atoms with Gasteiger partial charge < -0.3 is 5.73 Å². The molecule has 23 heavy (non-hydrogen) atoms. The van der Waals surface area contributed by atoms with Crippen LogP contribution in [0.5, 0.6) is 0 Å². The van der Waals surface area contributed by atoms with E-state index < -0.39 is 0 Å². The number of rotatable bonds is 4. The van der Waals surface area contributed by atoms with Gasteiger partial charge in [-0.3, -0.25) is 9.80 Å². The summed E-state index contributed by atoms with van der Waals surface area (Å²) in [6, 6.07) is 0.844. The summed E-state index contributed by atoms with van der Waals surface area (Å²) in [4.78, 5) is 10.7. The molecule has 2 N–H and O–H groups in total. The van der Waals surface area contributed by atoms with Crippen LogP contribution in [0.3, 0.4) is 0 Å². The second kappa shape index (κ2) is 8.65. The molecule has 4 nitrogen and oxygen atoms in total. The second-order valence-corrected chi connectivity index (χ2v) is 8.44. The number of halogens is 1. The van der Waals surface area contributed by atoms with Crippen LogP contribution in [-0.4, -0.2) is 47.0 Å². The van der Waals surface area contributed by atoms with Crippen molar-refractivity contribution in [3.63, 3.8) is 0 Å². The Hall–Kier alpha value is -0.360. The van der Waals surface area contributed by atoms with E-state index in [0.717, 1.165) is 24.4 Å². The van der Waals surface area contributed by atoms with Crippen molar-refractivity contribution in [2.24, 2.45) is 11.8 Å². The van der Waals surface area contributed by atoms with Crippen LogP contribution in [0, 0.1) is 11.8 Å². The molecular weight excluding hydrogens is 328 g/mol. The number of hydrogen-bond acceptors (Lipinski definition) is 5. The van der Waals surface area contributed by atoms with E-state index in [0.29, 0.717) is 5.13 Å². The highest BCUT2D eigenvalue weighted by molar-refractivity contribution is 7.15. The number of nitrogens with zero attached hydrogens (tertiary/aromatic N) is 3. The summed E-state index contributed by atoms with van der Waals surface area (Å²) in [6.07, 6.45) is 7.62. The highest BCUT2D eigenvalue weighted by Gasteiger charge is 2.29. The standard InChI is InChI=1S/C17H30N4S.ClH/c1-13(2)14-3-5-15(6-4-14)21-9-7-20(8-10-21)12-16-11-19-17(18)22-16;/h11,13-15H,3-10,12H2,1-2H3,(H2,18,19);1H. The van der Waals surface area contributed by atoms with E-state index in [4.69, 9.17) is 5.73 Å². The average Bonchev–Trinajstić information content (AvgIpc) is 2.93. The van der Waals surface area contributed by atoms with Crippen molar-refractivity contribution in [1.29, 1.82) is 0 Å². The Balaban J connectivity index is 0.00000192. The van der Waals surface area contributed by atoms with Crippen LogP contribution >= 0.6 is 23.7 Å². The van der Waals surface area contributed by atoms with Crippen molar-refractivity contribution in [2.45, 2.75) is 52.1 Å². The zero-order chi connectivity index (χ0) is 15.5. The lowest BCUT2D eigenvalue weighted by Gasteiger charge is -2.42. The van der Waals surface area contributed by atoms with E-state index in [1.807, 2.05) is 6.20 Å². The minimum absolute atomic E-state index is 0. The fourth-order valence-electron chi connectivity index (χ4n) is 4.04. The molecule has 1 saturated carbocycles. The minimum atomic E-state index is 0. The normalized spacial score (nSPS) is 27.1. The number of nitrogen functional groups attached to an aromatic ring is 1. The molecule has 0 aromatic carbocycles. The van der Waals surface area contributed by atoms with E-state index >= 15 is 0 Å². The number of aromatic nitrogens is 1. The first-order valence-electron chi connectivity index (χ1n) is 8.78.